The molecule has 86 valence electrons. The molecule has 0 radical (unpaired) electrons. The topological polar surface area (TPSA) is 29.5 Å². The van der Waals surface area contributed by atoms with E-state index < -0.39 is 0 Å². The minimum absolute atomic E-state index is 0.0680. The van der Waals surface area contributed by atoms with Gasteiger partial charge in [-0.25, -0.2) is 0 Å². The average Bonchev–Trinajstić information content (AvgIpc) is 2.34. The quantitative estimate of drug-likeness (QED) is 0.752. The van der Waals surface area contributed by atoms with Gasteiger partial charge >= 0.3 is 0 Å². The fourth-order valence-electron chi connectivity index (χ4n) is 2.02. The van der Waals surface area contributed by atoms with Crippen molar-refractivity contribution in [3.8, 4) is 5.75 Å². The lowest BCUT2D eigenvalue weighted by Crippen LogP contribution is -2.54. The molecule has 16 heavy (non-hydrogen) atoms. The highest BCUT2D eigenvalue weighted by Gasteiger charge is 2.45. The fourth-order valence-corrected chi connectivity index (χ4v) is 2.99. The first-order valence-corrected chi connectivity index (χ1v) is 6.41. The van der Waals surface area contributed by atoms with E-state index in [1.165, 1.54) is 5.56 Å². The zero-order valence-electron chi connectivity index (χ0n) is 9.64. The minimum Gasteiger partial charge on any atom is -0.497 e. The van der Waals surface area contributed by atoms with Crippen molar-refractivity contribution in [3.05, 3.63) is 29.8 Å². The van der Waals surface area contributed by atoms with Crippen LogP contribution in [-0.2, 0) is 4.79 Å². The van der Waals surface area contributed by atoms with E-state index in [0.29, 0.717) is 0 Å². The lowest BCUT2D eigenvalue weighted by atomic mass is 9.94. The van der Waals surface area contributed by atoms with Crippen LogP contribution in [0.2, 0.25) is 0 Å². The van der Waals surface area contributed by atoms with Gasteiger partial charge in [0.05, 0.1) is 13.2 Å². The molecule has 0 aromatic heterocycles. The molecule has 0 N–H and O–H groups in total. The Morgan fingerprint density at radius 2 is 1.94 bits per heavy atom. The molecule has 1 aromatic rings. The van der Waals surface area contributed by atoms with Gasteiger partial charge in [0.25, 0.3) is 0 Å². The van der Waals surface area contributed by atoms with E-state index >= 15 is 0 Å². The SMILES string of the molecule is COc1ccc([C@@H]2[C@H](SC)C(=O)N2C)cc1. The molecule has 1 aromatic carbocycles. The zero-order chi connectivity index (χ0) is 11.7. The molecule has 1 aliphatic rings. The summed E-state index contributed by atoms with van der Waals surface area (Å²) in [6, 6.07) is 8.12. The molecule has 2 rings (SSSR count). The minimum atomic E-state index is 0.0680. The van der Waals surface area contributed by atoms with E-state index in [1.807, 2.05) is 37.6 Å². The van der Waals surface area contributed by atoms with Gasteiger partial charge in [-0.3, -0.25) is 4.79 Å². The van der Waals surface area contributed by atoms with E-state index in [2.05, 4.69) is 0 Å². The standard InChI is InChI=1S/C12H15NO2S/c1-13-10(11(16-3)12(13)14)8-4-6-9(15-2)7-5-8/h4-7,10-11H,1-3H3/t10-,11+/m1/s1. The molecule has 0 bridgehead atoms. The Hall–Kier alpha value is -1.16. The van der Waals surface area contributed by atoms with Gasteiger partial charge < -0.3 is 9.64 Å². The van der Waals surface area contributed by atoms with Crippen LogP contribution in [-0.4, -0.2) is 36.5 Å². The molecule has 2 atom stereocenters. The number of amides is 1. The Morgan fingerprint density at radius 3 is 2.44 bits per heavy atom. The molecular formula is C12H15NO2S. The van der Waals surface area contributed by atoms with Crippen LogP contribution in [0.4, 0.5) is 0 Å². The summed E-state index contributed by atoms with van der Waals surface area (Å²) in [7, 11) is 3.50. The number of carbonyl (C=O) groups is 1. The van der Waals surface area contributed by atoms with Crippen molar-refractivity contribution in [2.24, 2.45) is 0 Å². The third-order valence-electron chi connectivity index (χ3n) is 3.01. The largest absolute Gasteiger partial charge is 0.497 e. The second kappa shape index (κ2) is 4.37. The Balaban J connectivity index is 2.20. The fraction of sp³-hybridized carbons (Fsp3) is 0.417. The predicted octanol–water partition coefficient (Wildman–Crippen LogP) is 1.94. The van der Waals surface area contributed by atoms with Crippen molar-refractivity contribution in [1.82, 2.24) is 4.90 Å². The predicted molar refractivity (Wildman–Crippen MR) is 65.8 cm³/mol. The molecule has 0 aliphatic carbocycles. The van der Waals surface area contributed by atoms with Crippen LogP contribution in [0.1, 0.15) is 11.6 Å². The summed E-state index contributed by atoms with van der Waals surface area (Å²) < 4.78 is 5.12. The number of thioether (sulfide) groups is 1. The highest BCUT2D eigenvalue weighted by molar-refractivity contribution is 8.00. The van der Waals surface area contributed by atoms with Gasteiger partial charge in [-0.1, -0.05) is 12.1 Å². The third kappa shape index (κ3) is 1.67. The maximum atomic E-state index is 11.6. The van der Waals surface area contributed by atoms with Crippen molar-refractivity contribution >= 4 is 17.7 Å². The Bertz CT molecular complexity index is 391. The molecule has 1 aliphatic heterocycles. The molecule has 4 heteroatoms. The number of likely N-dealkylation sites (tertiary alicyclic amines) is 1. The second-order valence-corrected chi connectivity index (χ2v) is 4.80. The van der Waals surface area contributed by atoms with Crippen LogP contribution in [0, 0.1) is 0 Å². The number of hydrogen-bond acceptors (Lipinski definition) is 3. The Labute approximate surface area is 99.8 Å². The van der Waals surface area contributed by atoms with E-state index in [1.54, 1.807) is 23.8 Å². The smallest absolute Gasteiger partial charge is 0.238 e. The average molecular weight is 237 g/mol. The summed E-state index contributed by atoms with van der Waals surface area (Å²) >= 11 is 1.61. The van der Waals surface area contributed by atoms with Crippen LogP contribution in [0.3, 0.4) is 0 Å². The zero-order valence-corrected chi connectivity index (χ0v) is 10.5. The van der Waals surface area contributed by atoms with Gasteiger partial charge in [-0.15, -0.1) is 11.8 Å². The van der Waals surface area contributed by atoms with Gasteiger partial charge in [-0.05, 0) is 24.0 Å². The van der Waals surface area contributed by atoms with Crippen molar-refractivity contribution in [3.63, 3.8) is 0 Å². The summed E-state index contributed by atoms with van der Waals surface area (Å²) in [5.41, 5.74) is 1.17. The van der Waals surface area contributed by atoms with Gasteiger partial charge in [-0.2, -0.15) is 0 Å². The van der Waals surface area contributed by atoms with E-state index in [-0.39, 0.29) is 17.2 Å². The normalized spacial score (nSPS) is 24.2. The third-order valence-corrected chi connectivity index (χ3v) is 3.97. The first kappa shape index (κ1) is 11.3. The van der Waals surface area contributed by atoms with E-state index in [4.69, 9.17) is 4.74 Å². The highest BCUT2D eigenvalue weighted by atomic mass is 32.2. The number of ether oxygens (including phenoxy) is 1. The second-order valence-electron chi connectivity index (χ2n) is 3.82. The molecule has 1 heterocycles. The molecule has 3 nitrogen and oxygen atoms in total. The molecule has 1 saturated heterocycles. The van der Waals surface area contributed by atoms with E-state index in [0.717, 1.165) is 5.75 Å². The molecule has 0 saturated carbocycles. The van der Waals surface area contributed by atoms with Crippen molar-refractivity contribution in [2.45, 2.75) is 11.3 Å². The van der Waals surface area contributed by atoms with Gasteiger partial charge in [0.15, 0.2) is 0 Å². The molecule has 1 amide bonds. The first-order valence-electron chi connectivity index (χ1n) is 5.12. The van der Waals surface area contributed by atoms with Crippen molar-refractivity contribution in [1.29, 1.82) is 0 Å². The van der Waals surface area contributed by atoms with Crippen LogP contribution >= 0.6 is 11.8 Å². The highest BCUT2D eigenvalue weighted by Crippen LogP contribution is 2.40. The van der Waals surface area contributed by atoms with Gasteiger partial charge in [0.2, 0.25) is 5.91 Å². The summed E-state index contributed by atoms with van der Waals surface area (Å²) in [6.07, 6.45) is 1.98. The summed E-state index contributed by atoms with van der Waals surface area (Å²) in [5, 5.41) is 0.0680. The number of rotatable bonds is 3. The van der Waals surface area contributed by atoms with Crippen LogP contribution in [0.25, 0.3) is 0 Å². The number of carbonyl (C=O) groups excluding carboxylic acids is 1. The van der Waals surface area contributed by atoms with Crippen LogP contribution in [0.5, 0.6) is 5.75 Å². The number of methoxy groups -OCH3 is 1. The number of benzene rings is 1. The van der Waals surface area contributed by atoms with Crippen LogP contribution < -0.4 is 4.74 Å². The lowest BCUT2D eigenvalue weighted by molar-refractivity contribution is -0.142. The maximum absolute atomic E-state index is 11.6. The number of hydrogen-bond donors (Lipinski definition) is 0. The van der Waals surface area contributed by atoms with Gasteiger partial charge in [0.1, 0.15) is 11.0 Å². The van der Waals surface area contributed by atoms with Gasteiger partial charge in [0, 0.05) is 7.05 Å². The monoisotopic (exact) mass is 237 g/mol. The van der Waals surface area contributed by atoms with Crippen LogP contribution in [0.15, 0.2) is 24.3 Å². The van der Waals surface area contributed by atoms with E-state index in [9.17, 15) is 4.79 Å². The Kier molecular flexibility index (Phi) is 3.10. The molecular weight excluding hydrogens is 222 g/mol. The molecule has 0 spiro atoms. The number of nitrogens with zero attached hydrogens (tertiary/aromatic N) is 1. The number of β-lactam (4-membered cyclic amide) rings is 1. The summed E-state index contributed by atoms with van der Waals surface area (Å²) in [6.45, 7) is 0. The molecule has 0 unspecified atom stereocenters. The lowest BCUT2D eigenvalue weighted by Gasteiger charge is -2.44. The first-order chi connectivity index (χ1) is 7.69. The maximum Gasteiger partial charge on any atom is 0.238 e. The summed E-state index contributed by atoms with van der Waals surface area (Å²) in [5.74, 6) is 1.06. The molecule has 1 fully saturated rings. The van der Waals surface area contributed by atoms with Crippen molar-refractivity contribution < 1.29 is 9.53 Å². The Morgan fingerprint density at radius 1 is 1.31 bits per heavy atom. The van der Waals surface area contributed by atoms with Crippen molar-refractivity contribution in [2.75, 3.05) is 20.4 Å². The summed E-state index contributed by atoms with van der Waals surface area (Å²) in [4.78, 5) is 13.4.